The van der Waals surface area contributed by atoms with Crippen LogP contribution in [0.25, 0.3) is 11.0 Å². The van der Waals surface area contributed by atoms with Gasteiger partial charge in [-0.25, -0.2) is 4.98 Å². The number of aromatic nitrogens is 2. The van der Waals surface area contributed by atoms with Crippen LogP contribution in [0.4, 0.5) is 5.69 Å². The van der Waals surface area contributed by atoms with Crippen molar-refractivity contribution in [2.75, 3.05) is 39.6 Å². The van der Waals surface area contributed by atoms with Crippen LogP contribution >= 0.6 is 0 Å². The fraction of sp³-hybridized carbons (Fsp3) is 0.350. The standard InChI is InChI=1S/C20H24N4O2/c1-23(2)7-8-24-17-13-19-18(25-9-10-26-19)12-16(17)22-20(24)11-14-3-5-15(21)6-4-14/h3-6,12-13H,7-11,21H2,1-2H3. The summed E-state index contributed by atoms with van der Waals surface area (Å²) in [6.45, 7) is 2.98. The van der Waals surface area contributed by atoms with Crippen LogP contribution in [0.1, 0.15) is 11.4 Å². The third-order valence-corrected chi connectivity index (χ3v) is 4.60. The number of nitrogens with zero attached hydrogens (tertiary/aromatic N) is 3. The zero-order valence-corrected chi connectivity index (χ0v) is 15.2. The lowest BCUT2D eigenvalue weighted by Crippen LogP contribution is -2.20. The summed E-state index contributed by atoms with van der Waals surface area (Å²) in [6.07, 6.45) is 0.759. The Balaban J connectivity index is 1.76. The van der Waals surface area contributed by atoms with Crippen molar-refractivity contribution >= 4 is 16.7 Å². The highest BCUT2D eigenvalue weighted by Gasteiger charge is 2.18. The molecule has 2 N–H and O–H groups in total. The molecule has 2 aromatic carbocycles. The predicted molar refractivity (Wildman–Crippen MR) is 103 cm³/mol. The number of anilines is 1. The van der Waals surface area contributed by atoms with Crippen molar-refractivity contribution in [3.8, 4) is 11.5 Å². The number of ether oxygens (including phenoxy) is 2. The fourth-order valence-corrected chi connectivity index (χ4v) is 3.21. The number of hydrogen-bond donors (Lipinski definition) is 1. The van der Waals surface area contributed by atoms with Crippen LogP contribution in [-0.4, -0.2) is 48.3 Å². The van der Waals surface area contributed by atoms with Crippen molar-refractivity contribution in [3.63, 3.8) is 0 Å². The van der Waals surface area contributed by atoms with Gasteiger partial charge in [-0.15, -0.1) is 0 Å². The first-order chi connectivity index (χ1) is 12.6. The van der Waals surface area contributed by atoms with Crippen LogP contribution < -0.4 is 15.2 Å². The predicted octanol–water partition coefficient (Wildman–Crippen LogP) is 2.54. The first-order valence-electron chi connectivity index (χ1n) is 8.88. The number of rotatable bonds is 5. The molecule has 6 nitrogen and oxygen atoms in total. The summed E-state index contributed by atoms with van der Waals surface area (Å²) >= 11 is 0. The Hall–Kier alpha value is -2.73. The quantitative estimate of drug-likeness (QED) is 0.715. The third-order valence-electron chi connectivity index (χ3n) is 4.60. The highest BCUT2D eigenvalue weighted by Crippen LogP contribution is 2.35. The van der Waals surface area contributed by atoms with Crippen LogP contribution in [0, 0.1) is 0 Å². The Kier molecular flexibility index (Phi) is 4.42. The molecule has 0 atom stereocenters. The van der Waals surface area contributed by atoms with E-state index in [1.54, 1.807) is 0 Å². The summed E-state index contributed by atoms with van der Waals surface area (Å²) in [6, 6.07) is 12.0. The molecule has 0 spiro atoms. The van der Waals surface area contributed by atoms with Crippen molar-refractivity contribution in [2.45, 2.75) is 13.0 Å². The Morgan fingerprint density at radius 2 is 1.77 bits per heavy atom. The molecular formula is C20H24N4O2. The fourth-order valence-electron chi connectivity index (χ4n) is 3.21. The average molecular weight is 352 g/mol. The zero-order chi connectivity index (χ0) is 18.1. The second-order valence-corrected chi connectivity index (χ2v) is 6.89. The van der Waals surface area contributed by atoms with Crippen molar-refractivity contribution in [1.82, 2.24) is 14.5 Å². The van der Waals surface area contributed by atoms with Gasteiger partial charge < -0.3 is 24.7 Å². The van der Waals surface area contributed by atoms with Crippen molar-refractivity contribution < 1.29 is 9.47 Å². The minimum Gasteiger partial charge on any atom is -0.486 e. The van der Waals surface area contributed by atoms with E-state index in [1.807, 2.05) is 18.2 Å². The summed E-state index contributed by atoms with van der Waals surface area (Å²) < 4.78 is 13.8. The van der Waals surface area contributed by atoms with Crippen LogP contribution in [0.5, 0.6) is 11.5 Å². The first-order valence-corrected chi connectivity index (χ1v) is 8.88. The molecule has 26 heavy (non-hydrogen) atoms. The SMILES string of the molecule is CN(C)CCn1c(Cc2ccc(N)cc2)nc2cc3c(cc21)OCCO3. The van der Waals surface area contributed by atoms with E-state index >= 15 is 0 Å². The average Bonchev–Trinajstić information content (AvgIpc) is 2.96. The molecule has 0 saturated heterocycles. The lowest BCUT2D eigenvalue weighted by molar-refractivity contribution is 0.172. The van der Waals surface area contributed by atoms with Gasteiger partial charge in [0.2, 0.25) is 0 Å². The Labute approximate surface area is 153 Å². The monoisotopic (exact) mass is 352 g/mol. The minimum absolute atomic E-state index is 0.581. The van der Waals surface area contributed by atoms with Crippen LogP contribution in [0.15, 0.2) is 36.4 Å². The van der Waals surface area contributed by atoms with Gasteiger partial charge in [0.15, 0.2) is 11.5 Å². The Bertz CT molecular complexity index is 916. The molecule has 0 aliphatic carbocycles. The highest BCUT2D eigenvalue weighted by molar-refractivity contribution is 5.81. The number of imidazole rings is 1. The first kappa shape index (κ1) is 16.7. The van der Waals surface area contributed by atoms with Crippen molar-refractivity contribution in [1.29, 1.82) is 0 Å². The number of nitrogen functional groups attached to an aromatic ring is 1. The normalized spacial score (nSPS) is 13.5. The minimum atomic E-state index is 0.581. The van der Waals surface area contributed by atoms with Gasteiger partial charge in [-0.1, -0.05) is 12.1 Å². The van der Waals surface area contributed by atoms with Crippen LogP contribution in [-0.2, 0) is 13.0 Å². The Morgan fingerprint density at radius 1 is 1.08 bits per heavy atom. The van der Waals surface area contributed by atoms with Crippen LogP contribution in [0.3, 0.4) is 0 Å². The largest absolute Gasteiger partial charge is 0.486 e. The van der Waals surface area contributed by atoms with Gasteiger partial charge in [0.05, 0.1) is 11.0 Å². The van der Waals surface area contributed by atoms with E-state index in [2.05, 4.69) is 41.8 Å². The summed E-state index contributed by atoms with van der Waals surface area (Å²) in [4.78, 5) is 7.07. The van der Waals surface area contributed by atoms with Gasteiger partial charge >= 0.3 is 0 Å². The van der Waals surface area contributed by atoms with Gasteiger partial charge in [0, 0.05) is 37.3 Å². The molecule has 0 fully saturated rings. The maximum absolute atomic E-state index is 5.81. The highest BCUT2D eigenvalue weighted by atomic mass is 16.6. The third kappa shape index (κ3) is 3.32. The van der Waals surface area contributed by atoms with E-state index in [1.165, 1.54) is 5.56 Å². The van der Waals surface area contributed by atoms with E-state index in [0.29, 0.717) is 13.2 Å². The van der Waals surface area contributed by atoms with E-state index in [0.717, 1.165) is 53.6 Å². The molecular weight excluding hydrogens is 328 g/mol. The van der Waals surface area contributed by atoms with Gasteiger partial charge in [-0.05, 0) is 31.8 Å². The molecule has 4 rings (SSSR count). The lowest BCUT2D eigenvalue weighted by atomic mass is 10.1. The van der Waals surface area contributed by atoms with E-state index < -0.39 is 0 Å². The smallest absolute Gasteiger partial charge is 0.163 e. The number of benzene rings is 2. The molecule has 6 heteroatoms. The topological polar surface area (TPSA) is 65.5 Å². The van der Waals surface area contributed by atoms with Gasteiger partial charge in [0.1, 0.15) is 19.0 Å². The molecule has 0 unspecified atom stereocenters. The second-order valence-electron chi connectivity index (χ2n) is 6.89. The van der Waals surface area contributed by atoms with Gasteiger partial charge in [-0.3, -0.25) is 0 Å². The lowest BCUT2D eigenvalue weighted by Gasteiger charge is -2.18. The van der Waals surface area contributed by atoms with Crippen LogP contribution in [0.2, 0.25) is 0 Å². The molecule has 136 valence electrons. The zero-order valence-electron chi connectivity index (χ0n) is 15.2. The summed E-state index contributed by atoms with van der Waals surface area (Å²) in [5.74, 6) is 2.61. The summed E-state index contributed by atoms with van der Waals surface area (Å²) in [5.41, 5.74) is 9.80. The van der Waals surface area contributed by atoms with E-state index in [-0.39, 0.29) is 0 Å². The van der Waals surface area contributed by atoms with E-state index in [4.69, 9.17) is 20.2 Å². The van der Waals surface area contributed by atoms with E-state index in [9.17, 15) is 0 Å². The molecule has 1 aliphatic heterocycles. The summed E-state index contributed by atoms with van der Waals surface area (Å²) in [5, 5.41) is 0. The maximum Gasteiger partial charge on any atom is 0.163 e. The molecule has 0 saturated carbocycles. The molecule has 0 radical (unpaired) electrons. The molecule has 0 amide bonds. The number of likely N-dealkylation sites (N-methyl/N-ethyl adjacent to an activating group) is 1. The maximum atomic E-state index is 5.81. The number of fused-ring (bicyclic) bond motifs is 2. The van der Waals surface area contributed by atoms with Gasteiger partial charge in [-0.2, -0.15) is 0 Å². The summed E-state index contributed by atoms with van der Waals surface area (Å²) in [7, 11) is 4.16. The molecule has 0 bridgehead atoms. The van der Waals surface area contributed by atoms with Gasteiger partial charge in [0.25, 0.3) is 0 Å². The molecule has 3 aromatic rings. The Morgan fingerprint density at radius 3 is 2.46 bits per heavy atom. The molecule has 1 aromatic heterocycles. The number of hydrogen-bond acceptors (Lipinski definition) is 5. The molecule has 1 aliphatic rings. The van der Waals surface area contributed by atoms with Crippen molar-refractivity contribution in [3.05, 3.63) is 47.8 Å². The second kappa shape index (κ2) is 6.88. The van der Waals surface area contributed by atoms with Crippen molar-refractivity contribution in [2.24, 2.45) is 0 Å². The number of nitrogens with two attached hydrogens (primary N) is 1. The molecule has 2 heterocycles.